The number of nitrogens with zero attached hydrogens (tertiary/aromatic N) is 1. The van der Waals surface area contributed by atoms with Gasteiger partial charge in [-0.05, 0) is 62.2 Å². The van der Waals surface area contributed by atoms with E-state index in [-0.39, 0.29) is 16.8 Å². The number of hydrogen-bond donors (Lipinski definition) is 1. The molecule has 4 nitrogen and oxygen atoms in total. The van der Waals surface area contributed by atoms with Crippen molar-refractivity contribution in [2.75, 3.05) is 25.5 Å². The Hall–Kier alpha value is -1.81. The molecule has 2 saturated heterocycles. The maximum Gasteiger partial charge on any atom is 0.335 e. The number of benzene rings is 1. The Morgan fingerprint density at radius 3 is 2.96 bits per heavy atom. The van der Waals surface area contributed by atoms with E-state index in [2.05, 4.69) is 41.4 Å². The lowest BCUT2D eigenvalue weighted by molar-refractivity contribution is -0.137. The number of hydrogen-bond acceptors (Lipinski definition) is 4. The molecule has 2 fully saturated rings. The number of rotatable bonds is 2. The first-order valence-electron chi connectivity index (χ1n) is 9.59. The van der Waals surface area contributed by atoms with Gasteiger partial charge in [-0.15, -0.1) is 0 Å². The van der Waals surface area contributed by atoms with E-state index in [4.69, 9.17) is 4.74 Å². The average molecular weight is 338 g/mol. The van der Waals surface area contributed by atoms with Crippen molar-refractivity contribution in [1.82, 2.24) is 4.90 Å². The summed E-state index contributed by atoms with van der Waals surface area (Å²) < 4.78 is 5.22. The summed E-state index contributed by atoms with van der Waals surface area (Å²) in [5, 5.41) is 3.65. The van der Waals surface area contributed by atoms with Gasteiger partial charge in [-0.25, -0.2) is 4.79 Å². The standard InChI is InChI=1S/C21H26N2O2/c1-3-20-9-6-11-23-12-10-21(19(20)23)15-7-4-5-8-16(15)22-17(21)14(13-20)18(24)25-2/h4-5,7-8,19,22H,3,6,9-13H2,1-2H3/t19-,20-,21-/m0/s1. The second-order valence-electron chi connectivity index (χ2n) is 8.17. The van der Waals surface area contributed by atoms with E-state index in [9.17, 15) is 4.79 Å². The molecule has 0 unspecified atom stereocenters. The first-order valence-corrected chi connectivity index (χ1v) is 9.59. The lowest BCUT2D eigenvalue weighted by atomic mass is 9.53. The molecule has 3 aliphatic heterocycles. The normalized spacial score (nSPS) is 35.7. The van der Waals surface area contributed by atoms with Crippen molar-refractivity contribution < 1.29 is 9.53 Å². The molecular formula is C21H26N2O2. The Morgan fingerprint density at radius 1 is 1.32 bits per heavy atom. The van der Waals surface area contributed by atoms with E-state index in [1.165, 1.54) is 37.7 Å². The second-order valence-corrected chi connectivity index (χ2v) is 8.17. The number of ether oxygens (including phenoxy) is 1. The summed E-state index contributed by atoms with van der Waals surface area (Å²) in [6.45, 7) is 4.63. The molecule has 1 aromatic carbocycles. The molecule has 25 heavy (non-hydrogen) atoms. The molecule has 1 spiro atoms. The van der Waals surface area contributed by atoms with Gasteiger partial charge >= 0.3 is 5.97 Å². The summed E-state index contributed by atoms with van der Waals surface area (Å²) in [5.74, 6) is -0.148. The highest BCUT2D eigenvalue weighted by Gasteiger charge is 2.65. The molecule has 3 heterocycles. The fourth-order valence-corrected chi connectivity index (χ4v) is 6.49. The van der Waals surface area contributed by atoms with E-state index in [0.29, 0.717) is 6.04 Å². The molecule has 0 bridgehead atoms. The largest absolute Gasteiger partial charge is 0.466 e. The van der Waals surface area contributed by atoms with Gasteiger partial charge in [0.2, 0.25) is 0 Å². The number of fused-ring (bicyclic) bond motifs is 1. The highest BCUT2D eigenvalue weighted by molar-refractivity contribution is 5.93. The number of methoxy groups -OCH3 is 1. The molecule has 4 aliphatic rings. The number of esters is 1. The number of anilines is 1. The molecule has 0 aromatic heterocycles. The van der Waals surface area contributed by atoms with Crippen molar-refractivity contribution in [2.45, 2.75) is 50.5 Å². The van der Waals surface area contributed by atoms with Gasteiger partial charge in [-0.1, -0.05) is 25.1 Å². The van der Waals surface area contributed by atoms with Crippen LogP contribution in [-0.4, -0.2) is 37.1 Å². The van der Waals surface area contributed by atoms with Crippen LogP contribution in [0.3, 0.4) is 0 Å². The summed E-state index contributed by atoms with van der Waals surface area (Å²) in [4.78, 5) is 15.4. The summed E-state index contributed by atoms with van der Waals surface area (Å²) in [5.41, 5.74) is 4.71. The van der Waals surface area contributed by atoms with Gasteiger partial charge < -0.3 is 10.1 Å². The summed E-state index contributed by atoms with van der Waals surface area (Å²) in [6, 6.07) is 9.15. The van der Waals surface area contributed by atoms with Crippen LogP contribution in [-0.2, 0) is 14.9 Å². The Labute approximate surface area is 149 Å². The third-order valence-electron chi connectivity index (χ3n) is 7.41. The van der Waals surface area contributed by atoms with Crippen molar-refractivity contribution >= 4 is 11.7 Å². The number of piperidine rings is 1. The van der Waals surface area contributed by atoms with E-state index >= 15 is 0 Å². The molecular weight excluding hydrogens is 312 g/mol. The molecule has 1 N–H and O–H groups in total. The molecule has 1 aromatic rings. The maximum atomic E-state index is 12.7. The number of carbonyl (C=O) groups is 1. The Morgan fingerprint density at radius 2 is 2.16 bits per heavy atom. The van der Waals surface area contributed by atoms with Crippen LogP contribution in [0.15, 0.2) is 35.5 Å². The van der Waals surface area contributed by atoms with Crippen LogP contribution in [0.1, 0.15) is 44.6 Å². The summed E-state index contributed by atoms with van der Waals surface area (Å²) in [6.07, 6.45) is 5.50. The predicted molar refractivity (Wildman–Crippen MR) is 97.3 cm³/mol. The first kappa shape index (κ1) is 15.4. The minimum absolute atomic E-state index is 0.0607. The Bertz CT molecular complexity index is 786. The summed E-state index contributed by atoms with van der Waals surface area (Å²) >= 11 is 0. The van der Waals surface area contributed by atoms with E-state index in [0.717, 1.165) is 37.1 Å². The van der Waals surface area contributed by atoms with Crippen LogP contribution < -0.4 is 5.32 Å². The molecule has 0 saturated carbocycles. The SMILES string of the molecule is CC[C@]12CCCN3CC[C@]4(C(=C(C(=O)OC)C1)Nc1ccccc14)[C@@H]32. The smallest absolute Gasteiger partial charge is 0.335 e. The molecule has 1 aliphatic carbocycles. The number of nitrogens with one attached hydrogen (secondary N) is 1. The molecule has 5 rings (SSSR count). The van der Waals surface area contributed by atoms with Gasteiger partial charge in [-0.2, -0.15) is 0 Å². The van der Waals surface area contributed by atoms with E-state index in [1.807, 2.05) is 0 Å². The van der Waals surface area contributed by atoms with E-state index < -0.39 is 0 Å². The predicted octanol–water partition coefficient (Wildman–Crippen LogP) is 3.45. The molecule has 0 amide bonds. The van der Waals surface area contributed by atoms with Crippen molar-refractivity contribution in [3.63, 3.8) is 0 Å². The minimum Gasteiger partial charge on any atom is -0.466 e. The molecule has 4 heteroatoms. The zero-order chi connectivity index (χ0) is 17.2. The van der Waals surface area contributed by atoms with Crippen molar-refractivity contribution in [3.8, 4) is 0 Å². The van der Waals surface area contributed by atoms with Crippen molar-refractivity contribution in [1.29, 1.82) is 0 Å². The highest BCUT2D eigenvalue weighted by Crippen LogP contribution is 2.65. The van der Waals surface area contributed by atoms with Crippen LogP contribution in [0, 0.1) is 5.41 Å². The summed E-state index contributed by atoms with van der Waals surface area (Å²) in [7, 11) is 1.51. The van der Waals surface area contributed by atoms with Gasteiger partial charge in [0, 0.05) is 17.4 Å². The Balaban J connectivity index is 1.81. The van der Waals surface area contributed by atoms with Gasteiger partial charge in [0.25, 0.3) is 0 Å². The zero-order valence-electron chi connectivity index (χ0n) is 15.1. The maximum absolute atomic E-state index is 12.7. The zero-order valence-corrected chi connectivity index (χ0v) is 15.1. The van der Waals surface area contributed by atoms with Crippen LogP contribution in [0.25, 0.3) is 0 Å². The Kier molecular flexibility index (Phi) is 3.15. The second kappa shape index (κ2) is 5.10. The molecule has 0 radical (unpaired) electrons. The fraction of sp³-hybridized carbons (Fsp3) is 0.571. The third-order valence-corrected chi connectivity index (χ3v) is 7.41. The van der Waals surface area contributed by atoms with Gasteiger partial charge in [0.1, 0.15) is 0 Å². The monoisotopic (exact) mass is 338 g/mol. The number of carbonyl (C=O) groups excluding carboxylic acids is 1. The molecule has 3 atom stereocenters. The van der Waals surface area contributed by atoms with Crippen LogP contribution in [0.2, 0.25) is 0 Å². The number of para-hydroxylation sites is 1. The van der Waals surface area contributed by atoms with Crippen LogP contribution in [0.4, 0.5) is 5.69 Å². The quantitative estimate of drug-likeness (QED) is 0.839. The minimum atomic E-state index is -0.148. The van der Waals surface area contributed by atoms with Gasteiger partial charge in [-0.3, -0.25) is 4.90 Å². The van der Waals surface area contributed by atoms with Crippen molar-refractivity contribution in [3.05, 3.63) is 41.1 Å². The fourth-order valence-electron chi connectivity index (χ4n) is 6.49. The molecule has 132 valence electrons. The topological polar surface area (TPSA) is 41.6 Å². The lowest BCUT2D eigenvalue weighted by Gasteiger charge is -2.56. The average Bonchev–Trinajstić information content (AvgIpc) is 3.21. The first-order chi connectivity index (χ1) is 12.2. The van der Waals surface area contributed by atoms with E-state index in [1.54, 1.807) is 0 Å². The highest BCUT2D eigenvalue weighted by atomic mass is 16.5. The van der Waals surface area contributed by atoms with Crippen LogP contribution in [0.5, 0.6) is 0 Å². The third kappa shape index (κ3) is 1.74. The lowest BCUT2D eigenvalue weighted by Crippen LogP contribution is -2.59. The van der Waals surface area contributed by atoms with Gasteiger partial charge in [0.15, 0.2) is 0 Å². The van der Waals surface area contributed by atoms with Gasteiger partial charge in [0.05, 0.1) is 18.1 Å². The van der Waals surface area contributed by atoms with Crippen LogP contribution >= 0.6 is 0 Å². The van der Waals surface area contributed by atoms with Crippen molar-refractivity contribution in [2.24, 2.45) is 5.41 Å².